The Morgan fingerprint density at radius 2 is 1.71 bits per heavy atom. The summed E-state index contributed by atoms with van der Waals surface area (Å²) in [5.41, 5.74) is 1.18. The fraction of sp³-hybridized carbons (Fsp3) is 0.160. The SMILES string of the molecule is CNc1ncnc2ccc(-c3ccc(F)c(CCNC(=O)c4ccccc4C(F)(F)F)c3)cc12. The summed E-state index contributed by atoms with van der Waals surface area (Å²) in [7, 11) is 1.76. The van der Waals surface area contributed by atoms with Gasteiger partial charge in [0.25, 0.3) is 5.91 Å². The van der Waals surface area contributed by atoms with Gasteiger partial charge in [-0.05, 0) is 59.5 Å². The molecule has 1 aromatic heterocycles. The molecule has 2 N–H and O–H groups in total. The third-order valence-corrected chi connectivity index (χ3v) is 5.41. The molecule has 1 amide bonds. The lowest BCUT2D eigenvalue weighted by molar-refractivity contribution is -0.137. The van der Waals surface area contributed by atoms with Crippen LogP contribution in [-0.2, 0) is 12.6 Å². The number of nitrogens with one attached hydrogen (secondary N) is 2. The molecule has 0 unspecified atom stereocenters. The fourth-order valence-corrected chi connectivity index (χ4v) is 3.72. The average molecular weight is 468 g/mol. The van der Waals surface area contributed by atoms with E-state index in [2.05, 4.69) is 20.6 Å². The lowest BCUT2D eigenvalue weighted by Gasteiger charge is -2.13. The average Bonchev–Trinajstić information content (AvgIpc) is 2.83. The molecule has 0 radical (unpaired) electrons. The summed E-state index contributed by atoms with van der Waals surface area (Å²) in [6.45, 7) is -0.0269. The van der Waals surface area contributed by atoms with Crippen LogP contribution in [0.2, 0.25) is 0 Å². The molecule has 5 nitrogen and oxygen atoms in total. The molecule has 0 saturated heterocycles. The molecule has 0 spiro atoms. The summed E-state index contributed by atoms with van der Waals surface area (Å²) in [5, 5.41) is 6.28. The Kier molecular flexibility index (Phi) is 6.45. The maximum absolute atomic E-state index is 14.4. The highest BCUT2D eigenvalue weighted by molar-refractivity contribution is 5.96. The van der Waals surface area contributed by atoms with E-state index in [1.807, 2.05) is 18.2 Å². The summed E-state index contributed by atoms with van der Waals surface area (Å²) in [6.07, 6.45) is -3.07. The molecule has 0 aliphatic rings. The number of hydrogen-bond acceptors (Lipinski definition) is 4. The molecule has 1 heterocycles. The van der Waals surface area contributed by atoms with E-state index >= 15 is 0 Å². The zero-order chi connectivity index (χ0) is 24.3. The van der Waals surface area contributed by atoms with Gasteiger partial charge in [0.15, 0.2) is 0 Å². The first-order chi connectivity index (χ1) is 16.3. The minimum absolute atomic E-state index is 0.0269. The highest BCUT2D eigenvalue weighted by atomic mass is 19.4. The standard InChI is InChI=1S/C25H20F4N4O/c1-30-23-19-13-16(7-9-22(19)32-14-33-23)15-6-8-21(26)17(12-15)10-11-31-24(34)18-4-2-3-5-20(18)25(27,28)29/h2-9,12-14H,10-11H2,1H3,(H,31,34)(H,30,32,33). The van der Waals surface area contributed by atoms with E-state index < -0.39 is 29.0 Å². The lowest BCUT2D eigenvalue weighted by Crippen LogP contribution is -2.28. The topological polar surface area (TPSA) is 66.9 Å². The van der Waals surface area contributed by atoms with Crippen molar-refractivity contribution in [3.63, 3.8) is 0 Å². The summed E-state index contributed by atoms with van der Waals surface area (Å²) in [4.78, 5) is 20.8. The first-order valence-corrected chi connectivity index (χ1v) is 10.4. The van der Waals surface area contributed by atoms with Crippen LogP contribution in [0.25, 0.3) is 22.0 Å². The summed E-state index contributed by atoms with van der Waals surface area (Å²) in [5.74, 6) is -0.664. The third kappa shape index (κ3) is 4.83. The van der Waals surface area contributed by atoms with Crippen LogP contribution in [0.5, 0.6) is 0 Å². The summed E-state index contributed by atoms with van der Waals surface area (Å²) < 4.78 is 53.9. The van der Waals surface area contributed by atoms with Crippen molar-refractivity contribution in [1.82, 2.24) is 15.3 Å². The minimum Gasteiger partial charge on any atom is -0.373 e. The summed E-state index contributed by atoms with van der Waals surface area (Å²) >= 11 is 0. The molecule has 174 valence electrons. The van der Waals surface area contributed by atoms with Crippen LogP contribution in [0.3, 0.4) is 0 Å². The van der Waals surface area contributed by atoms with Crippen molar-refractivity contribution in [2.45, 2.75) is 12.6 Å². The minimum atomic E-state index is -4.65. The molecular weight excluding hydrogens is 448 g/mol. The number of halogens is 4. The van der Waals surface area contributed by atoms with Crippen LogP contribution in [0, 0.1) is 5.82 Å². The number of alkyl halides is 3. The number of carbonyl (C=O) groups excluding carboxylic acids is 1. The van der Waals surface area contributed by atoms with Gasteiger partial charge in [-0.1, -0.05) is 24.3 Å². The van der Waals surface area contributed by atoms with E-state index in [-0.39, 0.29) is 13.0 Å². The van der Waals surface area contributed by atoms with Crippen LogP contribution < -0.4 is 10.6 Å². The maximum atomic E-state index is 14.4. The van der Waals surface area contributed by atoms with E-state index in [1.165, 1.54) is 24.5 Å². The van der Waals surface area contributed by atoms with Crippen molar-refractivity contribution >= 4 is 22.6 Å². The van der Waals surface area contributed by atoms with Crippen LogP contribution in [0.4, 0.5) is 23.4 Å². The molecule has 0 saturated carbocycles. The van der Waals surface area contributed by atoms with Gasteiger partial charge in [-0.3, -0.25) is 4.79 Å². The van der Waals surface area contributed by atoms with Crippen LogP contribution in [0.15, 0.2) is 67.0 Å². The Hall–Kier alpha value is -4.01. The number of hydrogen-bond donors (Lipinski definition) is 2. The quantitative estimate of drug-likeness (QED) is 0.369. The Morgan fingerprint density at radius 1 is 0.971 bits per heavy atom. The zero-order valence-corrected chi connectivity index (χ0v) is 18.1. The van der Waals surface area contributed by atoms with Crippen molar-refractivity contribution < 1.29 is 22.4 Å². The van der Waals surface area contributed by atoms with E-state index in [1.54, 1.807) is 19.2 Å². The molecule has 34 heavy (non-hydrogen) atoms. The second kappa shape index (κ2) is 9.46. The highest BCUT2D eigenvalue weighted by Crippen LogP contribution is 2.32. The number of fused-ring (bicyclic) bond motifs is 1. The lowest BCUT2D eigenvalue weighted by atomic mass is 9.99. The van der Waals surface area contributed by atoms with E-state index in [4.69, 9.17) is 0 Å². The molecule has 9 heteroatoms. The van der Waals surface area contributed by atoms with Gasteiger partial charge in [0.1, 0.15) is 18.0 Å². The molecule has 4 rings (SSSR count). The van der Waals surface area contributed by atoms with Gasteiger partial charge in [-0.15, -0.1) is 0 Å². The van der Waals surface area contributed by atoms with Gasteiger partial charge in [0, 0.05) is 19.0 Å². The first-order valence-electron chi connectivity index (χ1n) is 10.4. The van der Waals surface area contributed by atoms with Gasteiger partial charge in [-0.2, -0.15) is 13.2 Å². The maximum Gasteiger partial charge on any atom is 0.417 e. The molecule has 0 aliphatic carbocycles. The van der Waals surface area contributed by atoms with Gasteiger partial charge >= 0.3 is 6.18 Å². The van der Waals surface area contributed by atoms with Crippen LogP contribution in [0.1, 0.15) is 21.5 Å². The third-order valence-electron chi connectivity index (χ3n) is 5.41. The van der Waals surface area contributed by atoms with E-state index in [9.17, 15) is 22.4 Å². The van der Waals surface area contributed by atoms with Crippen molar-refractivity contribution in [2.24, 2.45) is 0 Å². The fourth-order valence-electron chi connectivity index (χ4n) is 3.72. The molecule has 4 aromatic rings. The first kappa shape index (κ1) is 23.2. The second-order valence-electron chi connectivity index (χ2n) is 7.56. The molecular formula is C25H20F4N4O. The zero-order valence-electron chi connectivity index (χ0n) is 18.1. The predicted octanol–water partition coefficient (Wildman–Crippen LogP) is 5.47. The largest absolute Gasteiger partial charge is 0.417 e. The van der Waals surface area contributed by atoms with Crippen molar-refractivity contribution in [2.75, 3.05) is 18.9 Å². The number of nitrogens with zero attached hydrogens (tertiary/aromatic N) is 2. The molecule has 3 aromatic carbocycles. The van der Waals surface area contributed by atoms with Crippen LogP contribution in [-0.4, -0.2) is 29.5 Å². The molecule has 0 atom stereocenters. The molecule has 0 fully saturated rings. The van der Waals surface area contributed by atoms with Gasteiger partial charge in [0.2, 0.25) is 0 Å². The van der Waals surface area contributed by atoms with Crippen molar-refractivity contribution in [3.05, 3.63) is 89.5 Å². The van der Waals surface area contributed by atoms with Gasteiger partial charge in [-0.25, -0.2) is 14.4 Å². The molecule has 0 bridgehead atoms. The Labute approximate surface area is 192 Å². The highest BCUT2D eigenvalue weighted by Gasteiger charge is 2.34. The number of benzene rings is 3. The number of rotatable bonds is 6. The van der Waals surface area contributed by atoms with Crippen molar-refractivity contribution in [3.8, 4) is 11.1 Å². The van der Waals surface area contributed by atoms with Crippen LogP contribution >= 0.6 is 0 Å². The Balaban J connectivity index is 1.52. The molecule has 0 aliphatic heterocycles. The number of anilines is 1. The predicted molar refractivity (Wildman–Crippen MR) is 122 cm³/mol. The summed E-state index contributed by atoms with van der Waals surface area (Å²) in [6, 6.07) is 14.8. The normalized spacial score (nSPS) is 11.4. The smallest absolute Gasteiger partial charge is 0.373 e. The number of carbonyl (C=O) groups is 1. The Bertz CT molecular complexity index is 1350. The van der Waals surface area contributed by atoms with Gasteiger partial charge < -0.3 is 10.6 Å². The number of aromatic nitrogens is 2. The Morgan fingerprint density at radius 3 is 2.47 bits per heavy atom. The number of amides is 1. The van der Waals surface area contributed by atoms with E-state index in [0.29, 0.717) is 11.4 Å². The second-order valence-corrected chi connectivity index (χ2v) is 7.56. The van der Waals surface area contributed by atoms with Crippen molar-refractivity contribution in [1.29, 1.82) is 0 Å². The monoisotopic (exact) mass is 468 g/mol. The van der Waals surface area contributed by atoms with Gasteiger partial charge in [0.05, 0.1) is 16.6 Å². The van der Waals surface area contributed by atoms with E-state index in [0.717, 1.165) is 34.2 Å².